The first-order chi connectivity index (χ1) is 16.7. The number of nitrogens with zero attached hydrogens (tertiary/aromatic N) is 2. The molecule has 3 aromatic rings. The SMILES string of the molecule is CC(C)(C)OC(=O)C[C@@H]1C(=O)N(c2nc(-c3ccccc3Cl)cs2)CC=CC[C@@H]1c1ccccc1. The van der Waals surface area contributed by atoms with Crippen LogP contribution in [0.5, 0.6) is 0 Å². The molecule has 0 spiro atoms. The molecule has 2 heterocycles. The van der Waals surface area contributed by atoms with Crippen molar-refractivity contribution in [2.75, 3.05) is 11.4 Å². The monoisotopic (exact) mass is 508 g/mol. The van der Waals surface area contributed by atoms with E-state index in [0.29, 0.717) is 23.1 Å². The Morgan fingerprint density at radius 3 is 2.54 bits per heavy atom. The largest absolute Gasteiger partial charge is 0.460 e. The van der Waals surface area contributed by atoms with Crippen molar-refractivity contribution < 1.29 is 14.3 Å². The first-order valence-electron chi connectivity index (χ1n) is 11.7. The topological polar surface area (TPSA) is 59.5 Å². The third kappa shape index (κ3) is 6.19. The highest BCUT2D eigenvalue weighted by atomic mass is 35.5. The lowest BCUT2D eigenvalue weighted by Crippen LogP contribution is -2.41. The van der Waals surface area contributed by atoms with Crippen molar-refractivity contribution >= 4 is 39.9 Å². The standard InChI is InChI=1S/C28H29ClN2O3S/c1-28(2,3)34-25(32)17-22-20(19-11-5-4-6-12-19)13-9-10-16-31(26(22)33)27-30-24(18-35-27)21-14-7-8-15-23(21)29/h4-12,14-15,18,20,22H,13,16-17H2,1-3H3/t20-,22+/m1/s1. The van der Waals surface area contributed by atoms with Crippen molar-refractivity contribution in [3.8, 4) is 11.3 Å². The number of rotatable bonds is 5. The summed E-state index contributed by atoms with van der Waals surface area (Å²) in [5, 5.41) is 3.09. The first-order valence-corrected chi connectivity index (χ1v) is 12.9. The van der Waals surface area contributed by atoms with Gasteiger partial charge in [-0.15, -0.1) is 11.3 Å². The quantitative estimate of drug-likeness (QED) is 0.278. The van der Waals surface area contributed by atoms with Crippen LogP contribution in [0.4, 0.5) is 5.13 Å². The van der Waals surface area contributed by atoms with Gasteiger partial charge in [0.15, 0.2) is 5.13 Å². The van der Waals surface area contributed by atoms with E-state index < -0.39 is 11.5 Å². The molecule has 1 aromatic heterocycles. The highest BCUT2D eigenvalue weighted by Crippen LogP contribution is 2.37. The number of amides is 1. The molecule has 4 rings (SSSR count). The van der Waals surface area contributed by atoms with Crippen molar-refractivity contribution in [3.05, 3.63) is 82.7 Å². The summed E-state index contributed by atoms with van der Waals surface area (Å²) in [4.78, 5) is 33.3. The number of hydrogen-bond acceptors (Lipinski definition) is 5. The molecule has 35 heavy (non-hydrogen) atoms. The van der Waals surface area contributed by atoms with Crippen molar-refractivity contribution in [1.29, 1.82) is 0 Å². The molecule has 0 saturated heterocycles. The Kier molecular flexibility index (Phi) is 7.72. The number of carbonyl (C=O) groups is 2. The number of esters is 1. The van der Waals surface area contributed by atoms with Crippen LogP contribution in [0.25, 0.3) is 11.3 Å². The minimum atomic E-state index is -0.622. The minimum Gasteiger partial charge on any atom is -0.460 e. The summed E-state index contributed by atoms with van der Waals surface area (Å²) in [5.74, 6) is -1.24. The van der Waals surface area contributed by atoms with E-state index in [9.17, 15) is 9.59 Å². The average Bonchev–Trinajstić information content (AvgIpc) is 3.28. The highest BCUT2D eigenvalue weighted by Gasteiger charge is 2.37. The molecule has 1 aliphatic rings. The van der Waals surface area contributed by atoms with E-state index >= 15 is 0 Å². The van der Waals surface area contributed by atoms with Gasteiger partial charge < -0.3 is 4.74 Å². The molecule has 0 radical (unpaired) electrons. The number of allylic oxidation sites excluding steroid dienone is 1. The maximum absolute atomic E-state index is 14.0. The van der Waals surface area contributed by atoms with Gasteiger partial charge in [0, 0.05) is 22.5 Å². The molecular formula is C28H29ClN2O3S. The molecule has 2 aromatic carbocycles. The van der Waals surface area contributed by atoms with E-state index in [2.05, 4.69) is 6.08 Å². The summed E-state index contributed by atoms with van der Waals surface area (Å²) < 4.78 is 5.61. The minimum absolute atomic E-state index is 0.00273. The number of ether oxygens (including phenoxy) is 1. The number of thiazole rings is 1. The number of aromatic nitrogens is 1. The molecule has 5 nitrogen and oxygen atoms in total. The Bertz CT molecular complexity index is 1220. The van der Waals surface area contributed by atoms with Crippen LogP contribution >= 0.6 is 22.9 Å². The summed E-state index contributed by atoms with van der Waals surface area (Å²) in [5.41, 5.74) is 1.94. The van der Waals surface area contributed by atoms with Crippen LogP contribution in [0, 0.1) is 5.92 Å². The summed E-state index contributed by atoms with van der Waals surface area (Å²) in [7, 11) is 0. The van der Waals surface area contributed by atoms with E-state index in [1.165, 1.54) is 11.3 Å². The van der Waals surface area contributed by atoms with Gasteiger partial charge in [-0.05, 0) is 44.7 Å². The molecule has 0 N–H and O–H groups in total. The Balaban J connectivity index is 1.69. The molecular weight excluding hydrogens is 480 g/mol. The van der Waals surface area contributed by atoms with Crippen LogP contribution < -0.4 is 4.90 Å². The second-order valence-corrected chi connectivity index (χ2v) is 10.8. The van der Waals surface area contributed by atoms with Crippen LogP contribution in [0.1, 0.15) is 45.1 Å². The van der Waals surface area contributed by atoms with Crippen LogP contribution in [0.15, 0.2) is 72.1 Å². The third-order valence-corrected chi connectivity index (χ3v) is 7.01. The molecule has 1 amide bonds. The fourth-order valence-electron chi connectivity index (χ4n) is 4.26. The van der Waals surface area contributed by atoms with Gasteiger partial charge in [0.05, 0.1) is 18.0 Å². The Morgan fingerprint density at radius 1 is 1.11 bits per heavy atom. The van der Waals surface area contributed by atoms with Crippen molar-refractivity contribution in [1.82, 2.24) is 4.98 Å². The van der Waals surface area contributed by atoms with E-state index in [-0.39, 0.29) is 24.2 Å². The lowest BCUT2D eigenvalue weighted by molar-refractivity contribution is -0.157. The third-order valence-electron chi connectivity index (χ3n) is 5.82. The van der Waals surface area contributed by atoms with Gasteiger partial charge in [-0.1, -0.05) is 72.3 Å². The van der Waals surface area contributed by atoms with Gasteiger partial charge in [-0.2, -0.15) is 0 Å². The number of anilines is 1. The normalized spacial score (nSPS) is 18.7. The number of halogens is 1. The molecule has 0 bridgehead atoms. The van der Waals surface area contributed by atoms with Gasteiger partial charge in [0.2, 0.25) is 5.91 Å². The zero-order chi connectivity index (χ0) is 25.0. The molecule has 0 aliphatic carbocycles. The van der Waals surface area contributed by atoms with E-state index in [0.717, 1.165) is 16.8 Å². The summed E-state index contributed by atoms with van der Waals surface area (Å²) in [6.07, 6.45) is 4.75. The average molecular weight is 509 g/mol. The zero-order valence-corrected chi connectivity index (χ0v) is 21.7. The van der Waals surface area contributed by atoms with E-state index in [1.807, 2.05) is 86.8 Å². The Morgan fingerprint density at radius 2 is 1.83 bits per heavy atom. The van der Waals surface area contributed by atoms with Crippen molar-refractivity contribution in [2.24, 2.45) is 5.92 Å². The number of carbonyl (C=O) groups excluding carboxylic acids is 2. The Hall–Kier alpha value is -2.96. The van der Waals surface area contributed by atoms with Gasteiger partial charge >= 0.3 is 5.97 Å². The van der Waals surface area contributed by atoms with Crippen molar-refractivity contribution in [3.63, 3.8) is 0 Å². The first kappa shape index (κ1) is 25.1. The van der Waals surface area contributed by atoms with E-state index in [4.69, 9.17) is 21.3 Å². The van der Waals surface area contributed by atoms with Gasteiger partial charge in [0.25, 0.3) is 0 Å². The molecule has 0 saturated carbocycles. The molecule has 182 valence electrons. The van der Waals surface area contributed by atoms with Crippen LogP contribution in [-0.4, -0.2) is 29.0 Å². The van der Waals surface area contributed by atoms with Gasteiger partial charge in [-0.3, -0.25) is 14.5 Å². The summed E-state index contributed by atoms with van der Waals surface area (Å²) in [6, 6.07) is 17.4. The summed E-state index contributed by atoms with van der Waals surface area (Å²) >= 11 is 7.76. The smallest absolute Gasteiger partial charge is 0.307 e. The number of hydrogen-bond donors (Lipinski definition) is 0. The maximum Gasteiger partial charge on any atom is 0.307 e. The molecule has 0 unspecified atom stereocenters. The highest BCUT2D eigenvalue weighted by molar-refractivity contribution is 7.14. The van der Waals surface area contributed by atoms with Crippen LogP contribution in [-0.2, 0) is 14.3 Å². The fraction of sp³-hybridized carbons (Fsp3) is 0.321. The predicted molar refractivity (Wildman–Crippen MR) is 142 cm³/mol. The van der Waals surface area contributed by atoms with Crippen LogP contribution in [0.2, 0.25) is 5.02 Å². The zero-order valence-electron chi connectivity index (χ0n) is 20.1. The fourth-order valence-corrected chi connectivity index (χ4v) is 5.34. The Labute approximate surface area is 215 Å². The molecule has 1 aliphatic heterocycles. The second kappa shape index (κ2) is 10.8. The van der Waals surface area contributed by atoms with E-state index in [1.54, 1.807) is 4.90 Å². The lowest BCUT2D eigenvalue weighted by Gasteiger charge is -2.32. The van der Waals surface area contributed by atoms with Gasteiger partial charge in [0.1, 0.15) is 5.60 Å². The van der Waals surface area contributed by atoms with Gasteiger partial charge in [-0.25, -0.2) is 4.98 Å². The predicted octanol–water partition coefficient (Wildman–Crippen LogP) is 6.89. The van der Waals surface area contributed by atoms with Crippen molar-refractivity contribution in [2.45, 2.75) is 45.1 Å². The number of benzene rings is 2. The lowest BCUT2D eigenvalue weighted by atomic mass is 9.80. The summed E-state index contributed by atoms with van der Waals surface area (Å²) in [6.45, 7) is 5.89. The van der Waals surface area contributed by atoms with Crippen LogP contribution in [0.3, 0.4) is 0 Å². The molecule has 2 atom stereocenters. The maximum atomic E-state index is 14.0. The second-order valence-electron chi connectivity index (χ2n) is 9.57. The molecule has 7 heteroatoms. The molecule has 0 fully saturated rings.